The van der Waals surface area contributed by atoms with E-state index >= 15 is 0 Å². The number of benzene rings is 1. The van der Waals surface area contributed by atoms with E-state index in [1.807, 2.05) is 24.3 Å². The van der Waals surface area contributed by atoms with Crippen LogP contribution in [0, 0.1) is 0 Å². The molecule has 2 saturated heterocycles. The maximum absolute atomic E-state index is 12.8. The largest absolute Gasteiger partial charge is 0.392 e. The molecule has 3 aromatic rings. The highest BCUT2D eigenvalue weighted by Gasteiger charge is 2.22. The zero-order valence-electron chi connectivity index (χ0n) is 17.8. The molecular formula is C22H26N6O4. The maximum atomic E-state index is 12.8. The Balaban J connectivity index is 1.56. The van der Waals surface area contributed by atoms with Crippen LogP contribution in [0.5, 0.6) is 0 Å². The Hall–Kier alpha value is -3.08. The molecular weight excluding hydrogens is 412 g/mol. The Morgan fingerprint density at radius 2 is 1.78 bits per heavy atom. The SMILES string of the molecule is O=C(Cn1ncc2c(-c3cccc(CO)c3)nc(N3CCOCC3)nc21)N1CCOCC1. The Kier molecular flexibility index (Phi) is 5.97. The first-order valence-corrected chi connectivity index (χ1v) is 10.8. The molecule has 2 fully saturated rings. The van der Waals surface area contributed by atoms with Crippen LogP contribution < -0.4 is 4.90 Å². The summed E-state index contributed by atoms with van der Waals surface area (Å²) >= 11 is 0. The number of morpholine rings is 2. The van der Waals surface area contributed by atoms with E-state index in [1.165, 1.54) is 0 Å². The molecule has 0 bridgehead atoms. The van der Waals surface area contributed by atoms with Crippen LogP contribution in [-0.4, -0.2) is 88.3 Å². The van der Waals surface area contributed by atoms with Crippen molar-refractivity contribution in [2.75, 3.05) is 57.5 Å². The van der Waals surface area contributed by atoms with Crippen molar-refractivity contribution in [1.29, 1.82) is 0 Å². The number of aliphatic hydroxyl groups is 1. The van der Waals surface area contributed by atoms with Gasteiger partial charge in [-0.1, -0.05) is 18.2 Å². The summed E-state index contributed by atoms with van der Waals surface area (Å²) in [6, 6.07) is 7.64. The van der Waals surface area contributed by atoms with E-state index in [-0.39, 0.29) is 19.1 Å². The van der Waals surface area contributed by atoms with Gasteiger partial charge in [-0.25, -0.2) is 9.67 Å². The van der Waals surface area contributed by atoms with Gasteiger partial charge in [-0.2, -0.15) is 10.1 Å². The fraction of sp³-hybridized carbons (Fsp3) is 0.455. The van der Waals surface area contributed by atoms with Crippen LogP contribution in [0.4, 0.5) is 5.95 Å². The molecule has 10 heteroatoms. The van der Waals surface area contributed by atoms with Crippen molar-refractivity contribution >= 4 is 22.9 Å². The molecule has 2 aliphatic rings. The highest BCUT2D eigenvalue weighted by atomic mass is 16.5. The third-order valence-corrected chi connectivity index (χ3v) is 5.81. The van der Waals surface area contributed by atoms with Crippen molar-refractivity contribution in [1.82, 2.24) is 24.6 Å². The van der Waals surface area contributed by atoms with Gasteiger partial charge < -0.3 is 24.4 Å². The van der Waals surface area contributed by atoms with Crippen LogP contribution in [0.3, 0.4) is 0 Å². The summed E-state index contributed by atoms with van der Waals surface area (Å²) in [4.78, 5) is 26.4. The van der Waals surface area contributed by atoms with Gasteiger partial charge in [0.05, 0.1) is 50.3 Å². The third kappa shape index (κ3) is 4.16. The van der Waals surface area contributed by atoms with Crippen LogP contribution in [0.1, 0.15) is 5.56 Å². The predicted octanol–water partition coefficient (Wildman–Crippen LogP) is 0.681. The van der Waals surface area contributed by atoms with Gasteiger partial charge in [0.2, 0.25) is 11.9 Å². The first-order valence-electron chi connectivity index (χ1n) is 10.8. The van der Waals surface area contributed by atoms with E-state index in [2.05, 4.69) is 10.00 Å². The maximum Gasteiger partial charge on any atom is 0.244 e. The van der Waals surface area contributed by atoms with E-state index < -0.39 is 0 Å². The van der Waals surface area contributed by atoms with Crippen molar-refractivity contribution < 1.29 is 19.4 Å². The van der Waals surface area contributed by atoms with Gasteiger partial charge >= 0.3 is 0 Å². The van der Waals surface area contributed by atoms with Gasteiger partial charge in [0, 0.05) is 31.7 Å². The molecule has 1 amide bonds. The predicted molar refractivity (Wildman–Crippen MR) is 117 cm³/mol. The Labute approximate surface area is 185 Å². The molecule has 168 valence electrons. The number of rotatable bonds is 5. The smallest absolute Gasteiger partial charge is 0.244 e. The third-order valence-electron chi connectivity index (χ3n) is 5.81. The lowest BCUT2D eigenvalue weighted by molar-refractivity contribution is -0.136. The van der Waals surface area contributed by atoms with E-state index in [9.17, 15) is 9.90 Å². The van der Waals surface area contributed by atoms with Crippen LogP contribution in [-0.2, 0) is 27.4 Å². The summed E-state index contributed by atoms with van der Waals surface area (Å²) in [5, 5.41) is 14.8. The number of aromatic nitrogens is 4. The molecule has 32 heavy (non-hydrogen) atoms. The average Bonchev–Trinajstić information content (AvgIpc) is 3.27. The van der Waals surface area contributed by atoms with Crippen molar-refractivity contribution in [2.24, 2.45) is 0 Å². The summed E-state index contributed by atoms with van der Waals surface area (Å²) in [5.74, 6) is 0.583. The molecule has 2 aliphatic heterocycles. The lowest BCUT2D eigenvalue weighted by Crippen LogP contribution is -2.42. The monoisotopic (exact) mass is 438 g/mol. The number of amides is 1. The first kappa shape index (κ1) is 20.8. The number of nitrogens with zero attached hydrogens (tertiary/aromatic N) is 6. The zero-order chi connectivity index (χ0) is 21.9. The number of hydrogen-bond acceptors (Lipinski definition) is 8. The van der Waals surface area contributed by atoms with Crippen molar-refractivity contribution in [3.8, 4) is 11.3 Å². The lowest BCUT2D eigenvalue weighted by Gasteiger charge is -2.27. The molecule has 5 rings (SSSR count). The molecule has 2 aromatic heterocycles. The number of carbonyl (C=O) groups is 1. The van der Waals surface area contributed by atoms with Gasteiger partial charge in [-0.3, -0.25) is 4.79 Å². The van der Waals surface area contributed by atoms with Gasteiger partial charge in [0.15, 0.2) is 5.65 Å². The van der Waals surface area contributed by atoms with Crippen LogP contribution in [0.15, 0.2) is 30.5 Å². The summed E-state index contributed by atoms with van der Waals surface area (Å²) in [7, 11) is 0. The molecule has 1 N–H and O–H groups in total. The zero-order valence-corrected chi connectivity index (χ0v) is 17.8. The number of fused-ring (bicyclic) bond motifs is 1. The Bertz CT molecular complexity index is 1100. The molecule has 0 atom stereocenters. The van der Waals surface area contributed by atoms with Crippen LogP contribution in [0.2, 0.25) is 0 Å². The summed E-state index contributed by atoms with van der Waals surface area (Å²) in [6.45, 7) is 4.98. The Morgan fingerprint density at radius 1 is 1.03 bits per heavy atom. The topological polar surface area (TPSA) is 106 Å². The molecule has 4 heterocycles. The van der Waals surface area contributed by atoms with Gasteiger partial charge in [0.25, 0.3) is 0 Å². The summed E-state index contributed by atoms with van der Waals surface area (Å²) in [5.41, 5.74) is 3.03. The van der Waals surface area contributed by atoms with E-state index in [0.717, 1.165) is 22.2 Å². The van der Waals surface area contributed by atoms with E-state index in [4.69, 9.17) is 19.4 Å². The molecule has 0 radical (unpaired) electrons. The highest BCUT2D eigenvalue weighted by molar-refractivity contribution is 5.92. The number of ether oxygens (including phenoxy) is 2. The van der Waals surface area contributed by atoms with Gasteiger partial charge in [-0.05, 0) is 11.6 Å². The minimum absolute atomic E-state index is 0.00587. The standard InChI is InChI=1S/C22H26N6O4/c29-15-16-2-1-3-17(12-16)20-18-13-23-28(14-19(30)26-4-8-31-9-5-26)21(18)25-22(24-20)27-6-10-32-11-7-27/h1-3,12-13,29H,4-11,14-15H2. The molecule has 0 saturated carbocycles. The number of carbonyl (C=O) groups excluding carboxylic acids is 1. The van der Waals surface area contributed by atoms with Crippen molar-refractivity contribution in [2.45, 2.75) is 13.2 Å². The quantitative estimate of drug-likeness (QED) is 0.620. The highest BCUT2D eigenvalue weighted by Crippen LogP contribution is 2.29. The van der Waals surface area contributed by atoms with E-state index in [0.29, 0.717) is 64.2 Å². The minimum Gasteiger partial charge on any atom is -0.392 e. The fourth-order valence-corrected chi connectivity index (χ4v) is 4.04. The first-order chi connectivity index (χ1) is 15.7. The molecule has 0 unspecified atom stereocenters. The average molecular weight is 438 g/mol. The van der Waals surface area contributed by atoms with Gasteiger partial charge in [-0.15, -0.1) is 0 Å². The van der Waals surface area contributed by atoms with Crippen LogP contribution >= 0.6 is 0 Å². The second-order valence-electron chi connectivity index (χ2n) is 7.86. The van der Waals surface area contributed by atoms with Gasteiger partial charge in [0.1, 0.15) is 6.54 Å². The van der Waals surface area contributed by atoms with E-state index in [1.54, 1.807) is 15.8 Å². The second kappa shape index (κ2) is 9.19. The molecule has 0 aliphatic carbocycles. The minimum atomic E-state index is -0.0499. The molecule has 10 nitrogen and oxygen atoms in total. The van der Waals surface area contributed by atoms with Crippen molar-refractivity contribution in [3.05, 3.63) is 36.0 Å². The number of hydrogen-bond donors (Lipinski definition) is 1. The fourth-order valence-electron chi connectivity index (χ4n) is 4.04. The lowest BCUT2D eigenvalue weighted by atomic mass is 10.1. The Morgan fingerprint density at radius 3 is 2.53 bits per heavy atom. The molecule has 1 aromatic carbocycles. The second-order valence-corrected chi connectivity index (χ2v) is 7.86. The molecule has 0 spiro atoms. The summed E-state index contributed by atoms with van der Waals surface area (Å²) in [6.07, 6.45) is 1.71. The normalized spacial score (nSPS) is 17.2. The number of aliphatic hydroxyl groups excluding tert-OH is 1. The van der Waals surface area contributed by atoms with Crippen LogP contribution in [0.25, 0.3) is 22.3 Å². The van der Waals surface area contributed by atoms with Crippen molar-refractivity contribution in [3.63, 3.8) is 0 Å². The number of anilines is 1. The summed E-state index contributed by atoms with van der Waals surface area (Å²) < 4.78 is 12.5.